The Kier molecular flexibility index (Phi) is 7.29. The second-order valence-corrected chi connectivity index (χ2v) is 7.85. The van der Waals surface area contributed by atoms with Crippen LogP contribution in [0, 0.1) is 18.3 Å². The molecule has 0 atom stereocenters. The lowest BCUT2D eigenvalue weighted by Crippen LogP contribution is -1.99. The van der Waals surface area contributed by atoms with E-state index in [1.165, 1.54) is 5.56 Å². The maximum Gasteiger partial charge on any atom is 0.180 e. The van der Waals surface area contributed by atoms with E-state index in [1.807, 2.05) is 31.2 Å². The van der Waals surface area contributed by atoms with Gasteiger partial charge in [0.15, 0.2) is 11.5 Å². The average Bonchev–Trinajstić information content (AvgIpc) is 2.72. The van der Waals surface area contributed by atoms with Crippen LogP contribution in [0.3, 0.4) is 0 Å². The van der Waals surface area contributed by atoms with Gasteiger partial charge in [-0.15, -0.1) is 0 Å². The summed E-state index contributed by atoms with van der Waals surface area (Å²) in [6.45, 7) is 2.39. The number of halogens is 3. The molecule has 0 aliphatic carbocycles. The van der Waals surface area contributed by atoms with Crippen LogP contribution in [-0.4, -0.2) is 7.11 Å². The van der Waals surface area contributed by atoms with Crippen molar-refractivity contribution in [1.82, 2.24) is 0 Å². The predicted octanol–water partition coefficient (Wildman–Crippen LogP) is 7.61. The summed E-state index contributed by atoms with van der Waals surface area (Å²) in [5, 5.41) is 10.9. The molecule has 0 N–H and O–H groups in total. The highest BCUT2D eigenvalue weighted by Crippen LogP contribution is 2.38. The number of allylic oxidation sites excluding steroid dienone is 1. The summed E-state index contributed by atoms with van der Waals surface area (Å²) in [4.78, 5) is 0. The Morgan fingerprint density at radius 2 is 1.73 bits per heavy atom. The number of methoxy groups -OCH3 is 1. The molecule has 3 rings (SSSR count). The maximum atomic E-state index is 9.62. The molecule has 0 unspecified atom stereocenters. The summed E-state index contributed by atoms with van der Waals surface area (Å²) in [6.07, 6.45) is 1.69. The van der Waals surface area contributed by atoms with Crippen molar-refractivity contribution < 1.29 is 9.47 Å². The van der Waals surface area contributed by atoms with Gasteiger partial charge in [-0.3, -0.25) is 0 Å². The Hall–Kier alpha value is -2.64. The summed E-state index contributed by atoms with van der Waals surface area (Å²) in [7, 11) is 1.54. The minimum absolute atomic E-state index is 0.357. The number of rotatable bonds is 6. The Balaban J connectivity index is 1.91. The number of nitriles is 1. The second-order valence-electron chi connectivity index (χ2n) is 6.60. The fraction of sp³-hybridized carbons (Fsp3) is 0.125. The normalized spacial score (nSPS) is 11.1. The molecule has 0 aliphatic heterocycles. The lowest BCUT2D eigenvalue weighted by Gasteiger charge is -2.14. The molecule has 0 saturated carbocycles. The number of hydrogen-bond donors (Lipinski definition) is 0. The van der Waals surface area contributed by atoms with Gasteiger partial charge in [-0.25, -0.2) is 0 Å². The minimum Gasteiger partial charge on any atom is -0.493 e. The van der Waals surface area contributed by atoms with Crippen LogP contribution in [0.2, 0.25) is 15.1 Å². The average molecular weight is 459 g/mol. The molecule has 30 heavy (non-hydrogen) atoms. The molecule has 0 spiro atoms. The SMILES string of the molecule is COc1cc(/C=C(\C#N)c2ccc(Cl)cc2Cl)cc(Cl)c1OCc1ccc(C)cc1. The van der Waals surface area contributed by atoms with Gasteiger partial charge < -0.3 is 9.47 Å². The molecule has 3 aromatic carbocycles. The minimum atomic E-state index is 0.357. The fourth-order valence-electron chi connectivity index (χ4n) is 2.85. The quantitative estimate of drug-likeness (QED) is 0.282. The Morgan fingerprint density at radius 3 is 2.37 bits per heavy atom. The van der Waals surface area contributed by atoms with Gasteiger partial charge in [-0.2, -0.15) is 5.26 Å². The highest BCUT2D eigenvalue weighted by molar-refractivity contribution is 6.36. The molecule has 0 saturated heterocycles. The van der Waals surface area contributed by atoms with Crippen LogP contribution in [0.15, 0.2) is 54.6 Å². The number of aryl methyl sites for hydroxylation is 1. The van der Waals surface area contributed by atoms with E-state index in [2.05, 4.69) is 6.07 Å². The highest BCUT2D eigenvalue weighted by atomic mass is 35.5. The van der Waals surface area contributed by atoms with E-state index in [1.54, 1.807) is 43.5 Å². The van der Waals surface area contributed by atoms with E-state index in [0.29, 0.717) is 49.9 Å². The zero-order valence-electron chi connectivity index (χ0n) is 16.4. The Bertz CT molecular complexity index is 1130. The first-order valence-corrected chi connectivity index (χ1v) is 10.2. The van der Waals surface area contributed by atoms with Crippen LogP contribution in [-0.2, 0) is 6.61 Å². The molecule has 3 nitrogen and oxygen atoms in total. The van der Waals surface area contributed by atoms with Gasteiger partial charge in [0.05, 0.1) is 28.8 Å². The third-order valence-corrected chi connectivity index (χ3v) is 5.24. The summed E-state index contributed by atoms with van der Waals surface area (Å²) in [5.41, 5.74) is 3.84. The van der Waals surface area contributed by atoms with Gasteiger partial charge in [-0.1, -0.05) is 70.7 Å². The predicted molar refractivity (Wildman–Crippen MR) is 123 cm³/mol. The number of ether oxygens (including phenoxy) is 2. The molecule has 0 aliphatic rings. The van der Waals surface area contributed by atoms with E-state index < -0.39 is 0 Å². The molecule has 0 fully saturated rings. The van der Waals surface area contributed by atoms with Crippen molar-refractivity contribution in [2.45, 2.75) is 13.5 Å². The molecule has 0 amide bonds. The zero-order valence-corrected chi connectivity index (χ0v) is 18.6. The lowest BCUT2D eigenvalue weighted by molar-refractivity contribution is 0.284. The third kappa shape index (κ3) is 5.29. The van der Waals surface area contributed by atoms with E-state index in [4.69, 9.17) is 44.3 Å². The van der Waals surface area contributed by atoms with Crippen LogP contribution in [0.4, 0.5) is 0 Å². The molecule has 0 heterocycles. The van der Waals surface area contributed by atoms with Crippen molar-refractivity contribution in [3.8, 4) is 17.6 Å². The topological polar surface area (TPSA) is 42.2 Å². The molecule has 3 aromatic rings. The maximum absolute atomic E-state index is 9.62. The second kappa shape index (κ2) is 9.91. The number of benzene rings is 3. The summed E-state index contributed by atoms with van der Waals surface area (Å²) in [5.74, 6) is 0.917. The summed E-state index contributed by atoms with van der Waals surface area (Å²) >= 11 is 18.7. The van der Waals surface area contributed by atoms with Gasteiger partial charge in [0.2, 0.25) is 0 Å². The number of hydrogen-bond acceptors (Lipinski definition) is 3. The van der Waals surface area contributed by atoms with Crippen molar-refractivity contribution in [1.29, 1.82) is 5.26 Å². The van der Waals surface area contributed by atoms with E-state index >= 15 is 0 Å². The van der Waals surface area contributed by atoms with E-state index in [9.17, 15) is 5.26 Å². The van der Waals surface area contributed by atoms with Gasteiger partial charge >= 0.3 is 0 Å². The smallest absolute Gasteiger partial charge is 0.180 e. The van der Waals surface area contributed by atoms with Crippen molar-refractivity contribution >= 4 is 46.5 Å². The van der Waals surface area contributed by atoms with Gasteiger partial charge in [0.1, 0.15) is 6.61 Å². The molecule has 0 aromatic heterocycles. The third-order valence-electron chi connectivity index (χ3n) is 4.41. The summed E-state index contributed by atoms with van der Waals surface area (Å²) < 4.78 is 11.4. The molecular formula is C24H18Cl3NO2. The van der Waals surface area contributed by atoms with E-state index in [0.717, 1.165) is 5.56 Å². The van der Waals surface area contributed by atoms with Crippen LogP contribution in [0.5, 0.6) is 11.5 Å². The largest absolute Gasteiger partial charge is 0.493 e. The van der Waals surface area contributed by atoms with Gasteiger partial charge in [-0.05, 0) is 48.4 Å². The van der Waals surface area contributed by atoms with Crippen molar-refractivity contribution in [2.24, 2.45) is 0 Å². The first-order chi connectivity index (χ1) is 14.4. The lowest BCUT2D eigenvalue weighted by atomic mass is 10.0. The molecule has 6 heteroatoms. The van der Waals surface area contributed by atoms with Crippen LogP contribution < -0.4 is 9.47 Å². The molecule has 0 bridgehead atoms. The van der Waals surface area contributed by atoms with Crippen molar-refractivity contribution in [2.75, 3.05) is 7.11 Å². The van der Waals surface area contributed by atoms with Crippen molar-refractivity contribution in [3.63, 3.8) is 0 Å². The Labute approximate surface area is 191 Å². The Morgan fingerprint density at radius 1 is 1.00 bits per heavy atom. The van der Waals surface area contributed by atoms with Crippen LogP contribution in [0.25, 0.3) is 11.6 Å². The molecular weight excluding hydrogens is 441 g/mol. The van der Waals surface area contributed by atoms with Gasteiger partial charge in [0.25, 0.3) is 0 Å². The zero-order chi connectivity index (χ0) is 21.7. The first-order valence-electron chi connectivity index (χ1n) is 9.04. The summed E-state index contributed by atoms with van der Waals surface area (Å²) in [6, 6.07) is 18.7. The highest BCUT2D eigenvalue weighted by Gasteiger charge is 2.13. The fourth-order valence-corrected chi connectivity index (χ4v) is 3.63. The number of nitrogens with zero attached hydrogens (tertiary/aromatic N) is 1. The molecule has 152 valence electrons. The standard InChI is InChI=1S/C24H18Cl3NO2/c1-15-3-5-16(6-4-15)14-30-24-22(27)10-17(11-23(24)29-2)9-18(13-28)20-8-7-19(25)12-21(20)26/h3-12H,14H2,1-2H3/b18-9+. The van der Waals surface area contributed by atoms with Crippen LogP contribution >= 0.6 is 34.8 Å². The first kappa shape index (κ1) is 22.1. The van der Waals surface area contributed by atoms with E-state index in [-0.39, 0.29) is 0 Å². The van der Waals surface area contributed by atoms with Crippen LogP contribution in [0.1, 0.15) is 22.3 Å². The van der Waals surface area contributed by atoms with Crippen molar-refractivity contribution in [3.05, 3.63) is 91.9 Å². The molecule has 0 radical (unpaired) electrons. The monoisotopic (exact) mass is 457 g/mol. The van der Waals surface area contributed by atoms with Gasteiger partial charge in [0, 0.05) is 10.6 Å².